The molecule has 0 amide bonds. The van der Waals surface area contributed by atoms with Gasteiger partial charge in [0.2, 0.25) is 0 Å². The van der Waals surface area contributed by atoms with Crippen molar-refractivity contribution in [1.82, 2.24) is 15.1 Å². The standard InChI is InChI=1S/C27H27F3N4O5/c1-14-8-16-9-17(10-21(14)34(16)23-12-31-20(11-32-23)26(35)36)37-13-19-24(33-39-25(19)15-6-7-15)18-4-2-3-5-22(18)38-27(28,29)30/h2-5,11-12,14-17,21H,6-10,13H2,1H3,(H,35,36). The van der Waals surface area contributed by atoms with Crippen molar-refractivity contribution in [3.05, 3.63) is 53.7 Å². The maximum Gasteiger partial charge on any atom is 0.573 e. The fraction of sp³-hybridized carbons (Fsp3) is 0.481. The molecule has 4 unspecified atom stereocenters. The summed E-state index contributed by atoms with van der Waals surface area (Å²) in [5, 5.41) is 13.3. The van der Waals surface area contributed by atoms with E-state index in [1.54, 1.807) is 6.07 Å². The number of piperidine rings is 1. The summed E-state index contributed by atoms with van der Waals surface area (Å²) in [6.45, 7) is 2.34. The number of carboxylic acids is 1. The van der Waals surface area contributed by atoms with Gasteiger partial charge in [-0.05, 0) is 50.2 Å². The number of hydrogen-bond donors (Lipinski definition) is 1. The average molecular weight is 545 g/mol. The first-order valence-corrected chi connectivity index (χ1v) is 13.0. The molecule has 9 nitrogen and oxygen atoms in total. The van der Waals surface area contributed by atoms with Crippen LogP contribution in [0.3, 0.4) is 0 Å². The van der Waals surface area contributed by atoms with Crippen molar-refractivity contribution in [2.24, 2.45) is 5.92 Å². The molecule has 3 aliphatic rings. The van der Waals surface area contributed by atoms with Crippen LogP contribution in [0.1, 0.15) is 66.8 Å². The second-order valence-electron chi connectivity index (χ2n) is 10.5. The number of alkyl halides is 3. The molecule has 206 valence electrons. The van der Waals surface area contributed by atoms with E-state index in [0.717, 1.165) is 32.1 Å². The molecule has 1 aromatic carbocycles. The Morgan fingerprint density at radius 2 is 1.95 bits per heavy atom. The first-order chi connectivity index (χ1) is 18.7. The van der Waals surface area contributed by atoms with Crippen molar-refractivity contribution in [3.8, 4) is 17.0 Å². The third-order valence-electron chi connectivity index (χ3n) is 7.81. The molecule has 0 spiro atoms. The van der Waals surface area contributed by atoms with Crippen LogP contribution in [-0.4, -0.2) is 50.8 Å². The highest BCUT2D eigenvalue weighted by Crippen LogP contribution is 2.47. The van der Waals surface area contributed by atoms with Crippen LogP contribution in [0.4, 0.5) is 19.0 Å². The molecule has 1 saturated carbocycles. The van der Waals surface area contributed by atoms with E-state index in [9.17, 15) is 18.0 Å². The number of anilines is 1. The quantitative estimate of drug-likeness (QED) is 0.389. The first kappa shape index (κ1) is 25.6. The lowest BCUT2D eigenvalue weighted by molar-refractivity contribution is -0.274. The Morgan fingerprint density at radius 3 is 2.62 bits per heavy atom. The molecule has 3 aromatic rings. The molecule has 1 N–H and O–H groups in total. The molecule has 2 bridgehead atoms. The number of aromatic carboxylic acids is 1. The summed E-state index contributed by atoms with van der Waals surface area (Å²) in [7, 11) is 0. The van der Waals surface area contributed by atoms with Crippen LogP contribution < -0.4 is 9.64 Å². The van der Waals surface area contributed by atoms with Crippen LogP contribution in [-0.2, 0) is 11.3 Å². The van der Waals surface area contributed by atoms with Crippen LogP contribution in [0.25, 0.3) is 11.3 Å². The van der Waals surface area contributed by atoms with Crippen molar-refractivity contribution in [3.63, 3.8) is 0 Å². The summed E-state index contributed by atoms with van der Waals surface area (Å²) in [5.41, 5.74) is 1.07. The lowest BCUT2D eigenvalue weighted by Crippen LogP contribution is -2.47. The summed E-state index contributed by atoms with van der Waals surface area (Å²) < 4.78 is 55.5. The highest BCUT2D eigenvalue weighted by Gasteiger charge is 2.46. The van der Waals surface area contributed by atoms with Gasteiger partial charge in [-0.25, -0.2) is 14.8 Å². The van der Waals surface area contributed by atoms with Gasteiger partial charge in [0.25, 0.3) is 0 Å². The molecule has 0 radical (unpaired) electrons. The number of para-hydroxylation sites is 1. The smallest absolute Gasteiger partial charge is 0.476 e. The molecule has 4 heterocycles. The fourth-order valence-electron chi connectivity index (χ4n) is 5.94. The summed E-state index contributed by atoms with van der Waals surface area (Å²) in [5.74, 6) is 0.418. The van der Waals surface area contributed by atoms with E-state index in [1.807, 2.05) is 0 Å². The highest BCUT2D eigenvalue weighted by atomic mass is 19.4. The number of fused-ring (bicyclic) bond motifs is 2. The Morgan fingerprint density at radius 1 is 1.15 bits per heavy atom. The topological polar surface area (TPSA) is 111 Å². The molecular weight excluding hydrogens is 517 g/mol. The van der Waals surface area contributed by atoms with Gasteiger partial charge in [0.05, 0.1) is 25.1 Å². The molecule has 2 aromatic heterocycles. The van der Waals surface area contributed by atoms with Gasteiger partial charge in [-0.3, -0.25) is 0 Å². The van der Waals surface area contributed by atoms with Gasteiger partial charge in [-0.2, -0.15) is 0 Å². The van der Waals surface area contributed by atoms with Gasteiger partial charge in [0, 0.05) is 29.1 Å². The minimum Gasteiger partial charge on any atom is -0.476 e. The van der Waals surface area contributed by atoms with Gasteiger partial charge in [0.1, 0.15) is 23.0 Å². The lowest BCUT2D eigenvalue weighted by atomic mass is 9.97. The van der Waals surface area contributed by atoms with Crippen LogP contribution >= 0.6 is 0 Å². The number of carbonyl (C=O) groups is 1. The van der Waals surface area contributed by atoms with Crippen molar-refractivity contribution in [1.29, 1.82) is 0 Å². The maximum atomic E-state index is 13.1. The van der Waals surface area contributed by atoms with Crippen molar-refractivity contribution in [2.75, 3.05) is 4.90 Å². The largest absolute Gasteiger partial charge is 0.573 e. The van der Waals surface area contributed by atoms with E-state index >= 15 is 0 Å². The second-order valence-corrected chi connectivity index (χ2v) is 10.5. The Labute approximate surface area is 221 Å². The number of nitrogens with zero attached hydrogens (tertiary/aromatic N) is 4. The Hall–Kier alpha value is -3.67. The zero-order chi connectivity index (χ0) is 27.3. The molecule has 4 atom stereocenters. The van der Waals surface area contributed by atoms with Gasteiger partial charge in [-0.1, -0.05) is 24.2 Å². The molecule has 6 rings (SSSR count). The van der Waals surface area contributed by atoms with Crippen molar-refractivity contribution >= 4 is 11.8 Å². The van der Waals surface area contributed by atoms with E-state index in [1.165, 1.54) is 30.6 Å². The number of halogens is 3. The summed E-state index contributed by atoms with van der Waals surface area (Å²) in [4.78, 5) is 21.8. The molecule has 2 saturated heterocycles. The minimum absolute atomic E-state index is 0.0797. The second kappa shape index (κ2) is 9.82. The first-order valence-electron chi connectivity index (χ1n) is 13.0. The summed E-state index contributed by atoms with van der Waals surface area (Å²) in [6, 6.07) is 6.21. The highest BCUT2D eigenvalue weighted by molar-refractivity contribution is 5.85. The molecule has 39 heavy (non-hydrogen) atoms. The maximum absolute atomic E-state index is 13.1. The molecule has 1 aliphatic carbocycles. The van der Waals surface area contributed by atoms with Crippen molar-refractivity contribution < 1.29 is 37.1 Å². The SMILES string of the molecule is CC1CC2CC(OCc3c(-c4ccccc4OC(F)(F)F)noc3C3CC3)CC1N2c1cnc(C(=O)O)cn1. The van der Waals surface area contributed by atoms with Crippen LogP contribution in [0.5, 0.6) is 5.75 Å². The number of ether oxygens (including phenoxy) is 2. The van der Waals surface area contributed by atoms with Gasteiger partial charge in [-0.15, -0.1) is 13.2 Å². The number of benzene rings is 1. The van der Waals surface area contributed by atoms with E-state index in [4.69, 9.17) is 14.4 Å². The monoisotopic (exact) mass is 544 g/mol. The van der Waals surface area contributed by atoms with E-state index in [2.05, 4.69) is 31.7 Å². The fourth-order valence-corrected chi connectivity index (χ4v) is 5.94. The van der Waals surface area contributed by atoms with Gasteiger partial charge >= 0.3 is 12.3 Å². The zero-order valence-electron chi connectivity index (χ0n) is 21.1. The van der Waals surface area contributed by atoms with Crippen LogP contribution in [0.15, 0.2) is 41.2 Å². The van der Waals surface area contributed by atoms with E-state index in [-0.39, 0.29) is 47.7 Å². The average Bonchev–Trinajstić information content (AvgIpc) is 3.61. The lowest BCUT2D eigenvalue weighted by Gasteiger charge is -2.40. The molecular formula is C27H27F3N4O5. The summed E-state index contributed by atoms with van der Waals surface area (Å²) >= 11 is 0. The van der Waals surface area contributed by atoms with Crippen LogP contribution in [0.2, 0.25) is 0 Å². The van der Waals surface area contributed by atoms with Crippen molar-refractivity contribution in [2.45, 2.75) is 76.1 Å². The number of aromatic nitrogens is 3. The zero-order valence-corrected chi connectivity index (χ0v) is 21.1. The van der Waals surface area contributed by atoms with Gasteiger partial charge in [0.15, 0.2) is 5.69 Å². The van der Waals surface area contributed by atoms with Gasteiger partial charge < -0.3 is 24.0 Å². The normalized spacial score (nSPS) is 24.7. The predicted molar refractivity (Wildman–Crippen MR) is 131 cm³/mol. The molecule has 3 fully saturated rings. The number of hydrogen-bond acceptors (Lipinski definition) is 8. The minimum atomic E-state index is -4.84. The van der Waals surface area contributed by atoms with E-state index in [0.29, 0.717) is 28.8 Å². The Kier molecular flexibility index (Phi) is 6.44. The number of rotatable bonds is 8. The Balaban J connectivity index is 1.21. The Bertz CT molecular complexity index is 1360. The third kappa shape index (κ3) is 5.17. The molecule has 12 heteroatoms. The third-order valence-corrected chi connectivity index (χ3v) is 7.81. The number of carboxylic acid groups (broad SMARTS) is 1. The van der Waals surface area contributed by atoms with E-state index < -0.39 is 12.3 Å². The summed E-state index contributed by atoms with van der Waals surface area (Å²) in [6.07, 6.45) is 2.15. The molecule has 2 aliphatic heterocycles. The van der Waals surface area contributed by atoms with Crippen LogP contribution in [0, 0.1) is 5.92 Å². The predicted octanol–water partition coefficient (Wildman–Crippen LogP) is 5.57.